The van der Waals surface area contributed by atoms with E-state index in [9.17, 15) is 19.5 Å². The molecule has 4 heterocycles. The first-order valence-corrected chi connectivity index (χ1v) is 13.9. The molecule has 3 aromatic rings. The Bertz CT molecular complexity index is 1370. The highest BCUT2D eigenvalue weighted by atomic mass is 16.4. The smallest absolute Gasteiger partial charge is 0.319 e. The fraction of sp³-hybridized carbons (Fsp3) is 0.571. The molecule has 1 saturated carbocycles. The van der Waals surface area contributed by atoms with E-state index in [0.717, 1.165) is 25.7 Å². The summed E-state index contributed by atoms with van der Waals surface area (Å²) in [5.74, 6) is -0.860. The Kier molecular flexibility index (Phi) is 7.42. The Morgan fingerprint density at radius 1 is 1.18 bits per heavy atom. The molecular weight excluding hydrogens is 498 g/mol. The van der Waals surface area contributed by atoms with Crippen LogP contribution in [0.4, 0.5) is 0 Å². The summed E-state index contributed by atoms with van der Waals surface area (Å²) in [7, 11) is 0. The van der Waals surface area contributed by atoms with Crippen molar-refractivity contribution in [1.82, 2.24) is 35.0 Å². The molecule has 2 amide bonds. The summed E-state index contributed by atoms with van der Waals surface area (Å²) in [6, 6.07) is 4.95. The van der Waals surface area contributed by atoms with Gasteiger partial charge in [-0.15, -0.1) is 0 Å². The van der Waals surface area contributed by atoms with Gasteiger partial charge in [0.15, 0.2) is 11.1 Å². The average molecular weight is 536 g/mol. The largest absolute Gasteiger partial charge is 0.480 e. The van der Waals surface area contributed by atoms with Crippen LogP contribution in [0.5, 0.6) is 0 Å². The highest BCUT2D eigenvalue weighted by Crippen LogP contribution is 2.37. The molecule has 3 aromatic heterocycles. The number of carboxylic acids is 1. The number of carbonyl (C=O) groups excluding carboxylic acids is 2. The van der Waals surface area contributed by atoms with Gasteiger partial charge in [0.1, 0.15) is 5.69 Å². The molecule has 2 aliphatic rings. The van der Waals surface area contributed by atoms with Crippen LogP contribution in [0.25, 0.3) is 5.65 Å². The number of hydrogen-bond donors (Lipinski definition) is 3. The summed E-state index contributed by atoms with van der Waals surface area (Å²) in [6.07, 6.45) is 7.85. The number of aliphatic carboxylic acids is 1. The first-order valence-electron chi connectivity index (χ1n) is 13.9. The lowest BCUT2D eigenvalue weighted by atomic mass is 9.73. The van der Waals surface area contributed by atoms with Gasteiger partial charge >= 0.3 is 5.97 Å². The van der Waals surface area contributed by atoms with Gasteiger partial charge in [0.25, 0.3) is 5.91 Å². The Hall–Kier alpha value is -3.76. The van der Waals surface area contributed by atoms with Crippen LogP contribution in [-0.2, 0) is 22.6 Å². The average Bonchev–Trinajstić information content (AvgIpc) is 3.56. The van der Waals surface area contributed by atoms with Gasteiger partial charge in [0, 0.05) is 25.7 Å². The van der Waals surface area contributed by atoms with Crippen molar-refractivity contribution in [3.8, 4) is 0 Å². The third-order valence-electron chi connectivity index (χ3n) is 8.41. The summed E-state index contributed by atoms with van der Waals surface area (Å²) in [5.41, 5.74) is 0.764. The van der Waals surface area contributed by atoms with Crippen LogP contribution < -0.4 is 10.6 Å². The minimum atomic E-state index is -1.56. The minimum Gasteiger partial charge on any atom is -0.480 e. The van der Waals surface area contributed by atoms with E-state index in [1.807, 2.05) is 20.0 Å². The number of fused-ring (bicyclic) bond motifs is 1. The number of piperidine rings is 1. The number of carboxylic acid groups (broad SMARTS) is 1. The Labute approximate surface area is 227 Å². The summed E-state index contributed by atoms with van der Waals surface area (Å²) in [6.45, 7) is 7.20. The number of aromatic nitrogens is 5. The van der Waals surface area contributed by atoms with Crippen molar-refractivity contribution < 1.29 is 19.5 Å². The lowest BCUT2D eigenvalue weighted by molar-refractivity contribution is -0.159. The van der Waals surface area contributed by atoms with Crippen LogP contribution in [0.3, 0.4) is 0 Å². The molecule has 208 valence electrons. The molecule has 11 heteroatoms. The van der Waals surface area contributed by atoms with E-state index in [-0.39, 0.29) is 36.6 Å². The fourth-order valence-corrected chi connectivity index (χ4v) is 6.15. The first kappa shape index (κ1) is 26.8. The molecule has 1 aliphatic carbocycles. The Balaban J connectivity index is 1.45. The zero-order chi connectivity index (χ0) is 27.7. The standard InChI is InChI=1S/C28H37N7O4/c1-4-34-22(11-12-30-34)25(36)32-24(19-7-5-17(2)6-8-19)21-16-35-23(31-21)10-9-20(33-35)14-28(27(38)39)13-18(3)15-29-26(28)37/h9-12,16-19,24H,4-8,13-15H2,1-3H3,(H,29,37)(H,32,36)(H,38,39)/t17?,18?,19?,24-,28?/m0/s1. The number of aryl methyl sites for hydroxylation is 1. The first-order chi connectivity index (χ1) is 18.7. The van der Waals surface area contributed by atoms with Gasteiger partial charge < -0.3 is 15.7 Å². The van der Waals surface area contributed by atoms with Crippen molar-refractivity contribution in [2.45, 2.75) is 71.9 Å². The lowest BCUT2D eigenvalue weighted by Crippen LogP contribution is -2.54. The number of imidazole rings is 1. The SMILES string of the molecule is CCn1nccc1C(=O)N[C@H](c1cn2nc(CC3(C(=O)O)CC(C)CNC3=O)ccc2n1)C1CCC(C)CC1. The summed E-state index contributed by atoms with van der Waals surface area (Å²) in [4.78, 5) is 43.1. The number of hydrogen-bond acceptors (Lipinski definition) is 6. The molecule has 1 saturated heterocycles. The monoisotopic (exact) mass is 535 g/mol. The maximum absolute atomic E-state index is 13.3. The maximum atomic E-state index is 13.3. The van der Waals surface area contributed by atoms with Crippen molar-refractivity contribution in [2.75, 3.05) is 6.54 Å². The topological polar surface area (TPSA) is 144 Å². The lowest BCUT2D eigenvalue weighted by Gasteiger charge is -2.35. The van der Waals surface area contributed by atoms with Crippen LogP contribution in [0.15, 0.2) is 30.6 Å². The third-order valence-corrected chi connectivity index (χ3v) is 8.41. The quantitative estimate of drug-likeness (QED) is 0.376. The van der Waals surface area contributed by atoms with Crippen molar-refractivity contribution in [3.63, 3.8) is 0 Å². The number of nitrogens with zero attached hydrogens (tertiary/aromatic N) is 5. The van der Waals surface area contributed by atoms with Gasteiger partial charge in [0.05, 0.1) is 23.6 Å². The normalized spacial score (nSPS) is 26.2. The van der Waals surface area contributed by atoms with E-state index in [1.54, 1.807) is 33.6 Å². The van der Waals surface area contributed by atoms with E-state index < -0.39 is 17.3 Å². The molecule has 2 unspecified atom stereocenters. The van der Waals surface area contributed by atoms with Gasteiger partial charge in [-0.2, -0.15) is 10.2 Å². The molecule has 0 aromatic carbocycles. The van der Waals surface area contributed by atoms with E-state index in [1.165, 1.54) is 0 Å². The van der Waals surface area contributed by atoms with E-state index in [4.69, 9.17) is 4.98 Å². The highest BCUT2D eigenvalue weighted by Gasteiger charge is 2.49. The molecule has 5 rings (SSSR count). The molecule has 1 aliphatic heterocycles. The summed E-state index contributed by atoms with van der Waals surface area (Å²) < 4.78 is 3.30. The van der Waals surface area contributed by atoms with Crippen LogP contribution in [0, 0.1) is 23.2 Å². The van der Waals surface area contributed by atoms with E-state index >= 15 is 0 Å². The predicted octanol–water partition coefficient (Wildman–Crippen LogP) is 3.01. The molecule has 11 nitrogen and oxygen atoms in total. The van der Waals surface area contributed by atoms with Crippen molar-refractivity contribution in [1.29, 1.82) is 0 Å². The molecule has 0 radical (unpaired) electrons. The van der Waals surface area contributed by atoms with Crippen LogP contribution in [-0.4, -0.2) is 53.8 Å². The molecule has 39 heavy (non-hydrogen) atoms. The second-order valence-corrected chi connectivity index (χ2v) is 11.4. The molecule has 2 fully saturated rings. The van der Waals surface area contributed by atoms with Crippen LogP contribution >= 0.6 is 0 Å². The number of rotatable bonds is 8. The zero-order valence-corrected chi connectivity index (χ0v) is 22.8. The second kappa shape index (κ2) is 10.8. The molecule has 3 N–H and O–H groups in total. The Morgan fingerprint density at radius 3 is 2.67 bits per heavy atom. The molecule has 3 atom stereocenters. The number of amides is 2. The Morgan fingerprint density at radius 2 is 1.95 bits per heavy atom. The van der Waals surface area contributed by atoms with Crippen LogP contribution in [0.2, 0.25) is 0 Å². The van der Waals surface area contributed by atoms with Crippen LogP contribution in [0.1, 0.15) is 80.8 Å². The molecule has 0 bridgehead atoms. The van der Waals surface area contributed by atoms with Gasteiger partial charge in [-0.05, 0) is 62.1 Å². The van der Waals surface area contributed by atoms with Gasteiger partial charge in [-0.1, -0.05) is 26.7 Å². The van der Waals surface area contributed by atoms with Crippen molar-refractivity contribution in [3.05, 3.63) is 47.7 Å². The summed E-state index contributed by atoms with van der Waals surface area (Å²) >= 11 is 0. The summed E-state index contributed by atoms with van der Waals surface area (Å²) in [5, 5.41) is 24.9. The molecular formula is C28H37N7O4. The van der Waals surface area contributed by atoms with E-state index in [0.29, 0.717) is 41.7 Å². The van der Waals surface area contributed by atoms with Gasteiger partial charge in [0.2, 0.25) is 5.91 Å². The number of nitrogens with one attached hydrogen (secondary N) is 2. The highest BCUT2D eigenvalue weighted by molar-refractivity contribution is 6.02. The zero-order valence-electron chi connectivity index (χ0n) is 22.8. The van der Waals surface area contributed by atoms with Crippen molar-refractivity contribution in [2.24, 2.45) is 23.2 Å². The third kappa shape index (κ3) is 5.26. The van der Waals surface area contributed by atoms with E-state index in [2.05, 4.69) is 27.8 Å². The van der Waals surface area contributed by atoms with Gasteiger partial charge in [-0.25, -0.2) is 9.50 Å². The fourth-order valence-electron chi connectivity index (χ4n) is 6.15. The molecule has 0 spiro atoms. The maximum Gasteiger partial charge on any atom is 0.319 e. The number of carbonyl (C=O) groups is 3. The minimum absolute atomic E-state index is 0.0103. The predicted molar refractivity (Wildman–Crippen MR) is 143 cm³/mol. The second-order valence-electron chi connectivity index (χ2n) is 11.4. The van der Waals surface area contributed by atoms with Gasteiger partial charge in [-0.3, -0.25) is 19.1 Å². The van der Waals surface area contributed by atoms with Crippen molar-refractivity contribution >= 4 is 23.4 Å².